The fourth-order valence-electron chi connectivity index (χ4n) is 1.57. The Labute approximate surface area is 118 Å². The molecule has 1 aromatic heterocycles. The van der Waals surface area contributed by atoms with Gasteiger partial charge in [-0.05, 0) is 62.9 Å². The molecule has 1 heterocycles. The Morgan fingerprint density at radius 3 is 2.94 bits per heavy atom. The average molecular weight is 325 g/mol. The summed E-state index contributed by atoms with van der Waals surface area (Å²) in [6, 6.07) is 7.27. The molecule has 0 unspecified atom stereocenters. The van der Waals surface area contributed by atoms with Crippen molar-refractivity contribution in [3.05, 3.63) is 50.6 Å². The third-order valence-electron chi connectivity index (χ3n) is 2.51. The first-order chi connectivity index (χ1) is 8.66. The van der Waals surface area contributed by atoms with E-state index in [-0.39, 0.29) is 5.91 Å². The van der Waals surface area contributed by atoms with Crippen LogP contribution in [0.3, 0.4) is 0 Å². The SMILES string of the molecule is Nc1ccc(Br)c(C(=O)NCCc2ccsc2)c1. The van der Waals surface area contributed by atoms with Gasteiger partial charge < -0.3 is 11.1 Å². The minimum Gasteiger partial charge on any atom is -0.399 e. The molecular weight excluding hydrogens is 312 g/mol. The number of amides is 1. The van der Waals surface area contributed by atoms with Gasteiger partial charge in [-0.2, -0.15) is 11.3 Å². The van der Waals surface area contributed by atoms with Gasteiger partial charge >= 0.3 is 0 Å². The highest BCUT2D eigenvalue weighted by atomic mass is 79.9. The van der Waals surface area contributed by atoms with E-state index in [1.807, 2.05) is 5.38 Å². The molecular formula is C13H13BrN2OS. The molecule has 2 rings (SSSR count). The van der Waals surface area contributed by atoms with Crippen LogP contribution in [0.15, 0.2) is 39.5 Å². The highest BCUT2D eigenvalue weighted by Gasteiger charge is 2.09. The van der Waals surface area contributed by atoms with Crippen molar-refractivity contribution in [1.82, 2.24) is 5.32 Å². The second-order valence-electron chi connectivity index (χ2n) is 3.88. The number of benzene rings is 1. The maximum absolute atomic E-state index is 12.0. The zero-order chi connectivity index (χ0) is 13.0. The Kier molecular flexibility index (Phi) is 4.38. The van der Waals surface area contributed by atoms with Crippen molar-refractivity contribution < 1.29 is 4.79 Å². The van der Waals surface area contributed by atoms with Crippen molar-refractivity contribution in [3.8, 4) is 0 Å². The van der Waals surface area contributed by atoms with E-state index in [9.17, 15) is 4.79 Å². The van der Waals surface area contributed by atoms with Gasteiger partial charge in [0.2, 0.25) is 0 Å². The number of nitrogens with one attached hydrogen (secondary N) is 1. The van der Waals surface area contributed by atoms with Crippen LogP contribution in [-0.4, -0.2) is 12.5 Å². The maximum Gasteiger partial charge on any atom is 0.252 e. The Bertz CT molecular complexity index is 540. The number of carbonyl (C=O) groups excluding carboxylic acids is 1. The molecule has 0 radical (unpaired) electrons. The second-order valence-corrected chi connectivity index (χ2v) is 5.51. The van der Waals surface area contributed by atoms with Crippen molar-refractivity contribution in [2.24, 2.45) is 0 Å². The number of carbonyl (C=O) groups is 1. The number of hydrogen-bond donors (Lipinski definition) is 2. The maximum atomic E-state index is 12.0. The van der Waals surface area contributed by atoms with Gasteiger partial charge in [0.15, 0.2) is 0 Å². The Hall–Kier alpha value is -1.33. The van der Waals surface area contributed by atoms with Gasteiger partial charge in [-0.3, -0.25) is 4.79 Å². The molecule has 0 spiro atoms. The molecule has 0 aliphatic carbocycles. The monoisotopic (exact) mass is 324 g/mol. The van der Waals surface area contributed by atoms with Crippen molar-refractivity contribution in [2.45, 2.75) is 6.42 Å². The molecule has 5 heteroatoms. The van der Waals surface area contributed by atoms with Crippen LogP contribution in [-0.2, 0) is 6.42 Å². The number of rotatable bonds is 4. The molecule has 2 aromatic rings. The molecule has 0 saturated carbocycles. The first-order valence-corrected chi connectivity index (χ1v) is 7.24. The Balaban J connectivity index is 1.93. The van der Waals surface area contributed by atoms with Crippen LogP contribution < -0.4 is 11.1 Å². The number of halogens is 1. The summed E-state index contributed by atoms with van der Waals surface area (Å²) in [6.07, 6.45) is 0.842. The standard InChI is InChI=1S/C13H13BrN2OS/c14-12-2-1-10(15)7-11(12)13(17)16-5-3-9-4-6-18-8-9/h1-2,4,6-8H,3,5,15H2,(H,16,17). The fourth-order valence-corrected chi connectivity index (χ4v) is 2.70. The van der Waals surface area contributed by atoms with E-state index in [1.54, 1.807) is 29.5 Å². The lowest BCUT2D eigenvalue weighted by Crippen LogP contribution is -2.26. The molecule has 3 N–H and O–H groups in total. The van der Waals surface area contributed by atoms with E-state index >= 15 is 0 Å². The largest absolute Gasteiger partial charge is 0.399 e. The summed E-state index contributed by atoms with van der Waals surface area (Å²) in [5, 5.41) is 7.00. The van der Waals surface area contributed by atoms with E-state index in [0.717, 1.165) is 10.9 Å². The summed E-state index contributed by atoms with van der Waals surface area (Å²) in [6.45, 7) is 0.622. The van der Waals surface area contributed by atoms with E-state index in [1.165, 1.54) is 5.56 Å². The first-order valence-electron chi connectivity index (χ1n) is 5.51. The minimum absolute atomic E-state index is 0.107. The van der Waals surface area contributed by atoms with Crippen LogP contribution >= 0.6 is 27.3 Å². The summed E-state index contributed by atoms with van der Waals surface area (Å²) >= 11 is 5.01. The van der Waals surface area contributed by atoms with Crippen molar-refractivity contribution in [3.63, 3.8) is 0 Å². The molecule has 0 atom stereocenters. The lowest BCUT2D eigenvalue weighted by Gasteiger charge is -2.07. The third kappa shape index (κ3) is 3.34. The number of nitrogen functional groups attached to an aromatic ring is 1. The molecule has 0 aliphatic rings. The van der Waals surface area contributed by atoms with Crippen LogP contribution in [0.2, 0.25) is 0 Å². The summed E-state index contributed by atoms with van der Waals surface area (Å²) in [4.78, 5) is 12.0. The van der Waals surface area contributed by atoms with E-state index < -0.39 is 0 Å². The molecule has 94 valence electrons. The highest BCUT2D eigenvalue weighted by Crippen LogP contribution is 2.19. The Morgan fingerprint density at radius 2 is 2.22 bits per heavy atom. The van der Waals surface area contributed by atoms with Gasteiger partial charge in [-0.1, -0.05) is 0 Å². The average Bonchev–Trinajstić information content (AvgIpc) is 2.85. The lowest BCUT2D eigenvalue weighted by atomic mass is 10.2. The van der Waals surface area contributed by atoms with Gasteiger partial charge in [0.1, 0.15) is 0 Å². The number of nitrogens with two attached hydrogens (primary N) is 1. The van der Waals surface area contributed by atoms with Gasteiger partial charge in [-0.15, -0.1) is 0 Å². The van der Waals surface area contributed by atoms with E-state index in [2.05, 4.69) is 32.7 Å². The summed E-state index contributed by atoms with van der Waals surface area (Å²) in [7, 11) is 0. The molecule has 1 aromatic carbocycles. The summed E-state index contributed by atoms with van der Waals surface area (Å²) in [5.41, 5.74) is 8.07. The zero-order valence-electron chi connectivity index (χ0n) is 9.65. The zero-order valence-corrected chi connectivity index (χ0v) is 12.1. The topological polar surface area (TPSA) is 55.1 Å². The summed E-state index contributed by atoms with van der Waals surface area (Å²) in [5.74, 6) is -0.107. The predicted molar refractivity (Wildman–Crippen MR) is 78.9 cm³/mol. The predicted octanol–water partition coefficient (Wildman–Crippen LogP) is 3.07. The molecule has 0 bridgehead atoms. The number of anilines is 1. The van der Waals surface area contributed by atoms with Crippen LogP contribution in [0.1, 0.15) is 15.9 Å². The molecule has 18 heavy (non-hydrogen) atoms. The van der Waals surface area contributed by atoms with E-state index in [4.69, 9.17) is 5.73 Å². The second kappa shape index (κ2) is 6.02. The van der Waals surface area contributed by atoms with Crippen molar-refractivity contribution in [1.29, 1.82) is 0 Å². The highest BCUT2D eigenvalue weighted by molar-refractivity contribution is 9.10. The van der Waals surface area contributed by atoms with Crippen LogP contribution in [0.4, 0.5) is 5.69 Å². The first kappa shape index (κ1) is 13.1. The molecule has 3 nitrogen and oxygen atoms in total. The van der Waals surface area contributed by atoms with Gasteiger partial charge in [0, 0.05) is 16.7 Å². The fraction of sp³-hybridized carbons (Fsp3) is 0.154. The van der Waals surface area contributed by atoms with Crippen LogP contribution in [0, 0.1) is 0 Å². The quantitative estimate of drug-likeness (QED) is 0.849. The van der Waals surface area contributed by atoms with Crippen molar-refractivity contribution in [2.75, 3.05) is 12.3 Å². The lowest BCUT2D eigenvalue weighted by molar-refractivity contribution is 0.0953. The van der Waals surface area contributed by atoms with Crippen LogP contribution in [0.5, 0.6) is 0 Å². The van der Waals surface area contributed by atoms with Crippen LogP contribution in [0.25, 0.3) is 0 Å². The minimum atomic E-state index is -0.107. The van der Waals surface area contributed by atoms with Gasteiger partial charge in [0.25, 0.3) is 5.91 Å². The summed E-state index contributed by atoms with van der Waals surface area (Å²) < 4.78 is 0.754. The number of hydrogen-bond acceptors (Lipinski definition) is 3. The third-order valence-corrected chi connectivity index (χ3v) is 3.94. The molecule has 0 aliphatic heterocycles. The molecule has 1 amide bonds. The van der Waals surface area contributed by atoms with Crippen molar-refractivity contribution >= 4 is 38.9 Å². The Morgan fingerprint density at radius 1 is 1.39 bits per heavy atom. The normalized spacial score (nSPS) is 10.3. The molecule has 0 fully saturated rings. The smallest absolute Gasteiger partial charge is 0.252 e. The molecule has 0 saturated heterocycles. The number of thiophene rings is 1. The van der Waals surface area contributed by atoms with Gasteiger partial charge in [-0.25, -0.2) is 0 Å². The van der Waals surface area contributed by atoms with Gasteiger partial charge in [0.05, 0.1) is 5.56 Å². The van der Waals surface area contributed by atoms with E-state index in [0.29, 0.717) is 17.8 Å².